The van der Waals surface area contributed by atoms with Gasteiger partial charge >= 0.3 is 5.97 Å². The smallest absolute Gasteiger partial charge is 0.311 e. The number of carboxylic acid groups (broad SMARTS) is 1. The number of ether oxygens (including phenoxy) is 1. The Labute approximate surface area is 153 Å². The lowest BCUT2D eigenvalue weighted by atomic mass is 9.90. The van der Waals surface area contributed by atoms with Crippen LogP contribution in [0.1, 0.15) is 37.6 Å². The minimum atomic E-state index is -3.86. The first-order valence-electron chi connectivity index (χ1n) is 8.23. The molecule has 1 aromatic rings. The van der Waals surface area contributed by atoms with Crippen LogP contribution in [-0.2, 0) is 14.8 Å². The molecule has 1 unspecified atom stereocenters. The van der Waals surface area contributed by atoms with Gasteiger partial charge in [0.05, 0.1) is 12.5 Å². The summed E-state index contributed by atoms with van der Waals surface area (Å²) in [6.07, 6.45) is 0.351. The summed E-state index contributed by atoms with van der Waals surface area (Å²) in [5.41, 5.74) is -0.819. The summed E-state index contributed by atoms with van der Waals surface area (Å²) in [5, 5.41) is 9.30. The van der Waals surface area contributed by atoms with Gasteiger partial charge in [-0.3, -0.25) is 9.59 Å². The maximum absolute atomic E-state index is 12.7. The molecule has 9 heteroatoms. The molecule has 1 aromatic carbocycles. The number of sulfonamides is 1. The number of benzene rings is 1. The molecule has 0 spiro atoms. The van der Waals surface area contributed by atoms with Gasteiger partial charge in [-0.05, 0) is 45.4 Å². The third-order valence-electron chi connectivity index (χ3n) is 4.37. The average molecular weight is 384 g/mol. The van der Waals surface area contributed by atoms with Crippen LogP contribution < -0.4 is 9.46 Å². The second-order valence-electron chi connectivity index (χ2n) is 6.98. The van der Waals surface area contributed by atoms with Crippen LogP contribution in [0.3, 0.4) is 0 Å². The van der Waals surface area contributed by atoms with Crippen molar-refractivity contribution in [2.75, 3.05) is 20.2 Å². The van der Waals surface area contributed by atoms with Crippen LogP contribution >= 0.6 is 0 Å². The van der Waals surface area contributed by atoms with Gasteiger partial charge in [-0.15, -0.1) is 0 Å². The Balaban J connectivity index is 2.36. The number of carbonyl (C=O) groups is 2. The number of carboxylic acids is 1. The van der Waals surface area contributed by atoms with Crippen molar-refractivity contribution in [1.82, 2.24) is 9.62 Å². The Hall–Kier alpha value is -2.13. The molecule has 1 fully saturated rings. The molecular formula is C17H24N2O6S. The van der Waals surface area contributed by atoms with Crippen molar-refractivity contribution >= 4 is 21.9 Å². The van der Waals surface area contributed by atoms with E-state index in [2.05, 4.69) is 4.72 Å². The zero-order chi connectivity index (χ0) is 19.7. The van der Waals surface area contributed by atoms with Gasteiger partial charge in [-0.1, -0.05) is 0 Å². The normalized spacial score (nSPS) is 20.4. The van der Waals surface area contributed by atoms with E-state index in [0.29, 0.717) is 13.0 Å². The zero-order valence-electron chi connectivity index (χ0n) is 15.3. The zero-order valence-corrected chi connectivity index (χ0v) is 16.1. The van der Waals surface area contributed by atoms with E-state index in [1.54, 1.807) is 20.8 Å². The molecule has 1 heterocycles. The lowest BCUT2D eigenvalue weighted by molar-refractivity contribution is -0.147. The molecule has 1 aliphatic rings. The van der Waals surface area contributed by atoms with Gasteiger partial charge in [0.1, 0.15) is 10.6 Å². The number of rotatable bonds is 6. The highest BCUT2D eigenvalue weighted by atomic mass is 32.2. The molecule has 1 aliphatic heterocycles. The monoisotopic (exact) mass is 384 g/mol. The molecule has 2 rings (SSSR count). The Bertz CT molecular complexity index is 821. The summed E-state index contributed by atoms with van der Waals surface area (Å²) in [5.74, 6) is -1.22. The standard InChI is InChI=1S/C17H24N2O6S/c1-11(2)18-26(23,24)14-9-12(5-6-13(14)25-4)15(20)19-8-7-17(3,10-19)16(21)22/h5-6,9,11,18H,7-8,10H2,1-4H3,(H,21,22). The Morgan fingerprint density at radius 2 is 2.00 bits per heavy atom. The largest absolute Gasteiger partial charge is 0.495 e. The van der Waals surface area contributed by atoms with E-state index < -0.39 is 27.3 Å². The van der Waals surface area contributed by atoms with Crippen molar-refractivity contribution < 1.29 is 27.9 Å². The van der Waals surface area contributed by atoms with E-state index in [4.69, 9.17) is 4.74 Å². The van der Waals surface area contributed by atoms with Crippen LogP contribution in [0.4, 0.5) is 0 Å². The fourth-order valence-corrected chi connectivity index (χ4v) is 4.33. The number of amides is 1. The molecule has 0 bridgehead atoms. The van der Waals surface area contributed by atoms with E-state index in [9.17, 15) is 23.1 Å². The van der Waals surface area contributed by atoms with Crippen molar-refractivity contribution in [3.05, 3.63) is 23.8 Å². The molecule has 0 radical (unpaired) electrons. The van der Waals surface area contributed by atoms with Gasteiger partial charge in [0, 0.05) is 24.7 Å². The highest BCUT2D eigenvalue weighted by Gasteiger charge is 2.42. The summed E-state index contributed by atoms with van der Waals surface area (Å²) in [7, 11) is -2.51. The molecule has 1 saturated heterocycles. The minimum absolute atomic E-state index is 0.0829. The predicted octanol–water partition coefficient (Wildman–Crippen LogP) is 1.32. The second kappa shape index (κ2) is 7.24. The molecule has 144 valence electrons. The van der Waals surface area contributed by atoms with E-state index in [-0.39, 0.29) is 28.8 Å². The molecule has 0 saturated carbocycles. The lowest BCUT2D eigenvalue weighted by Crippen LogP contribution is -2.35. The third-order valence-corrected chi connectivity index (χ3v) is 6.05. The summed E-state index contributed by atoms with van der Waals surface area (Å²) in [6, 6.07) is 3.85. The predicted molar refractivity (Wildman–Crippen MR) is 94.7 cm³/mol. The van der Waals surface area contributed by atoms with Gasteiger partial charge < -0.3 is 14.7 Å². The number of hydrogen-bond acceptors (Lipinski definition) is 5. The third kappa shape index (κ3) is 3.99. The Morgan fingerprint density at radius 1 is 1.35 bits per heavy atom. The summed E-state index contributed by atoms with van der Waals surface area (Å²) in [6.45, 7) is 5.37. The van der Waals surface area contributed by atoms with Gasteiger partial charge in [-0.2, -0.15) is 0 Å². The SMILES string of the molecule is COc1ccc(C(=O)N2CCC(C)(C(=O)O)C2)cc1S(=O)(=O)NC(C)C. The molecule has 0 aromatic heterocycles. The molecular weight excluding hydrogens is 360 g/mol. The maximum atomic E-state index is 12.7. The number of aliphatic carboxylic acids is 1. The van der Waals surface area contributed by atoms with E-state index in [0.717, 1.165) is 0 Å². The molecule has 8 nitrogen and oxygen atoms in total. The van der Waals surface area contributed by atoms with Gasteiger partial charge in [0.25, 0.3) is 5.91 Å². The van der Waals surface area contributed by atoms with Crippen LogP contribution in [0.25, 0.3) is 0 Å². The number of hydrogen-bond donors (Lipinski definition) is 2. The van der Waals surface area contributed by atoms with Crippen molar-refractivity contribution in [3.63, 3.8) is 0 Å². The van der Waals surface area contributed by atoms with E-state index in [1.165, 1.54) is 30.2 Å². The van der Waals surface area contributed by atoms with Gasteiger partial charge in [0.2, 0.25) is 10.0 Å². The van der Waals surface area contributed by atoms with Crippen LogP contribution in [-0.4, -0.2) is 56.5 Å². The van der Waals surface area contributed by atoms with Crippen LogP contribution in [0.5, 0.6) is 5.75 Å². The molecule has 26 heavy (non-hydrogen) atoms. The van der Waals surface area contributed by atoms with Crippen molar-refractivity contribution in [1.29, 1.82) is 0 Å². The lowest BCUT2D eigenvalue weighted by Gasteiger charge is -2.21. The number of methoxy groups -OCH3 is 1. The average Bonchev–Trinajstić information content (AvgIpc) is 2.96. The van der Waals surface area contributed by atoms with Crippen LogP contribution in [0.15, 0.2) is 23.1 Å². The number of nitrogens with one attached hydrogen (secondary N) is 1. The fourth-order valence-electron chi connectivity index (χ4n) is 2.89. The van der Waals surface area contributed by atoms with Crippen LogP contribution in [0.2, 0.25) is 0 Å². The first kappa shape index (κ1) is 20.2. The Morgan fingerprint density at radius 3 is 2.50 bits per heavy atom. The minimum Gasteiger partial charge on any atom is -0.495 e. The summed E-state index contributed by atoms with van der Waals surface area (Å²) in [4.78, 5) is 25.4. The quantitative estimate of drug-likeness (QED) is 0.765. The number of likely N-dealkylation sites (tertiary alicyclic amines) is 1. The first-order valence-corrected chi connectivity index (χ1v) is 9.71. The molecule has 2 N–H and O–H groups in total. The van der Waals surface area contributed by atoms with Gasteiger partial charge in [0.15, 0.2) is 0 Å². The highest BCUT2D eigenvalue weighted by Crippen LogP contribution is 2.32. The summed E-state index contributed by atoms with van der Waals surface area (Å²) >= 11 is 0. The van der Waals surface area contributed by atoms with E-state index in [1.807, 2.05) is 0 Å². The first-order chi connectivity index (χ1) is 12.0. The summed E-state index contributed by atoms with van der Waals surface area (Å²) < 4.78 is 32.6. The van der Waals surface area contributed by atoms with Crippen molar-refractivity contribution in [2.24, 2.45) is 5.41 Å². The van der Waals surface area contributed by atoms with Crippen molar-refractivity contribution in [3.8, 4) is 5.75 Å². The molecule has 1 amide bonds. The maximum Gasteiger partial charge on any atom is 0.311 e. The molecule has 1 atom stereocenters. The van der Waals surface area contributed by atoms with Crippen LogP contribution in [0, 0.1) is 5.41 Å². The topological polar surface area (TPSA) is 113 Å². The fraction of sp³-hybridized carbons (Fsp3) is 0.529. The highest BCUT2D eigenvalue weighted by molar-refractivity contribution is 7.89. The van der Waals surface area contributed by atoms with Gasteiger partial charge in [-0.25, -0.2) is 13.1 Å². The Kier molecular flexibility index (Phi) is 5.62. The number of carbonyl (C=O) groups excluding carboxylic acids is 1. The van der Waals surface area contributed by atoms with Crippen molar-refractivity contribution in [2.45, 2.75) is 38.1 Å². The second-order valence-corrected chi connectivity index (χ2v) is 8.67. The number of nitrogens with zero attached hydrogens (tertiary/aromatic N) is 1. The van der Waals surface area contributed by atoms with E-state index >= 15 is 0 Å². The molecule has 0 aliphatic carbocycles.